The SMILES string of the molecule is CCC1(OOC(=O)OC2COSC2)CO1. The standard InChI is InChI=1S/C8H12O6S/c1-2-8(5-10-8)14-13-7(9)12-6-3-11-15-4-6/h6H,2-5H2,1H3. The van der Waals surface area contributed by atoms with Crippen LogP contribution in [0.1, 0.15) is 13.3 Å². The van der Waals surface area contributed by atoms with Crippen molar-refractivity contribution in [2.75, 3.05) is 19.0 Å². The fourth-order valence-corrected chi connectivity index (χ4v) is 1.68. The van der Waals surface area contributed by atoms with Gasteiger partial charge in [0.15, 0.2) is 0 Å². The monoisotopic (exact) mass is 236 g/mol. The van der Waals surface area contributed by atoms with Crippen LogP contribution >= 0.6 is 12.0 Å². The number of ether oxygens (including phenoxy) is 2. The van der Waals surface area contributed by atoms with E-state index in [1.807, 2.05) is 6.92 Å². The van der Waals surface area contributed by atoms with Gasteiger partial charge in [0.25, 0.3) is 0 Å². The second kappa shape index (κ2) is 4.56. The van der Waals surface area contributed by atoms with Crippen LogP contribution in [0.3, 0.4) is 0 Å². The molecule has 7 heteroatoms. The third kappa shape index (κ3) is 2.97. The number of hydrogen-bond donors (Lipinski definition) is 0. The van der Waals surface area contributed by atoms with Crippen LogP contribution in [-0.2, 0) is 23.4 Å². The lowest BCUT2D eigenvalue weighted by atomic mass is 10.3. The molecular formula is C8H12O6S. The summed E-state index contributed by atoms with van der Waals surface area (Å²) in [5, 5.41) is 0. The fourth-order valence-electron chi connectivity index (χ4n) is 1.02. The van der Waals surface area contributed by atoms with Crippen LogP contribution in [0.25, 0.3) is 0 Å². The molecule has 0 amide bonds. The van der Waals surface area contributed by atoms with E-state index in [0.717, 1.165) is 0 Å². The minimum Gasteiger partial charge on any atom is -0.426 e. The first-order chi connectivity index (χ1) is 7.24. The predicted octanol–water partition coefficient (Wildman–Crippen LogP) is 1.25. The van der Waals surface area contributed by atoms with Gasteiger partial charge in [0.1, 0.15) is 12.7 Å². The lowest BCUT2D eigenvalue weighted by Gasteiger charge is -2.11. The Kier molecular flexibility index (Phi) is 3.35. The highest BCUT2D eigenvalue weighted by Crippen LogP contribution is 2.32. The zero-order valence-electron chi connectivity index (χ0n) is 8.26. The van der Waals surface area contributed by atoms with Crippen LogP contribution in [0.4, 0.5) is 4.79 Å². The molecule has 6 nitrogen and oxygen atoms in total. The van der Waals surface area contributed by atoms with E-state index in [-0.39, 0.29) is 6.10 Å². The fraction of sp³-hybridized carbons (Fsp3) is 0.875. The number of rotatable bonds is 4. The molecule has 86 valence electrons. The minimum atomic E-state index is -0.852. The number of carbonyl (C=O) groups is 1. The summed E-state index contributed by atoms with van der Waals surface area (Å²) >= 11 is 1.27. The van der Waals surface area contributed by atoms with Gasteiger partial charge in [-0.05, 0) is 12.0 Å². The van der Waals surface area contributed by atoms with E-state index in [2.05, 4.69) is 4.89 Å². The molecule has 0 aromatic rings. The van der Waals surface area contributed by atoms with Gasteiger partial charge in [-0.25, -0.2) is 4.79 Å². The quantitative estimate of drug-likeness (QED) is 0.239. The van der Waals surface area contributed by atoms with Gasteiger partial charge in [-0.15, -0.1) is 4.89 Å². The molecule has 2 fully saturated rings. The molecule has 0 saturated carbocycles. The molecule has 0 spiro atoms. The lowest BCUT2D eigenvalue weighted by molar-refractivity contribution is -0.323. The summed E-state index contributed by atoms with van der Waals surface area (Å²) in [6.45, 7) is 2.71. The highest BCUT2D eigenvalue weighted by atomic mass is 32.2. The summed E-state index contributed by atoms with van der Waals surface area (Å²) in [6, 6.07) is 0. The van der Waals surface area contributed by atoms with E-state index in [1.54, 1.807) is 0 Å². The van der Waals surface area contributed by atoms with Crippen LogP contribution in [-0.4, -0.2) is 37.0 Å². The van der Waals surface area contributed by atoms with E-state index in [0.29, 0.717) is 25.4 Å². The lowest BCUT2D eigenvalue weighted by Crippen LogP contribution is -2.24. The molecule has 0 N–H and O–H groups in total. The van der Waals surface area contributed by atoms with Crippen LogP contribution in [0.15, 0.2) is 0 Å². The average molecular weight is 236 g/mol. The Morgan fingerprint density at radius 1 is 1.67 bits per heavy atom. The number of epoxide rings is 1. The third-order valence-corrected chi connectivity index (χ3v) is 2.93. The van der Waals surface area contributed by atoms with E-state index < -0.39 is 11.9 Å². The Balaban J connectivity index is 1.64. The van der Waals surface area contributed by atoms with E-state index in [1.165, 1.54) is 12.0 Å². The van der Waals surface area contributed by atoms with Gasteiger partial charge >= 0.3 is 6.16 Å². The van der Waals surface area contributed by atoms with Gasteiger partial charge in [-0.2, -0.15) is 0 Å². The van der Waals surface area contributed by atoms with Crippen molar-refractivity contribution in [2.45, 2.75) is 25.2 Å². The number of hydrogen-bond acceptors (Lipinski definition) is 7. The smallest absolute Gasteiger partial charge is 0.426 e. The van der Waals surface area contributed by atoms with E-state index >= 15 is 0 Å². The van der Waals surface area contributed by atoms with Crippen LogP contribution < -0.4 is 0 Å². The van der Waals surface area contributed by atoms with Gasteiger partial charge in [0.05, 0.1) is 12.4 Å². The second-order valence-electron chi connectivity index (χ2n) is 3.28. The molecule has 0 aromatic carbocycles. The molecule has 0 bridgehead atoms. The Morgan fingerprint density at radius 3 is 3.00 bits per heavy atom. The molecule has 0 radical (unpaired) electrons. The first-order valence-corrected chi connectivity index (χ1v) is 5.60. The molecular weight excluding hydrogens is 224 g/mol. The Bertz CT molecular complexity index is 235. The third-order valence-electron chi connectivity index (χ3n) is 2.12. The second-order valence-corrected chi connectivity index (χ2v) is 4.08. The maximum Gasteiger partial charge on any atom is 0.540 e. The first kappa shape index (κ1) is 11.0. The molecule has 2 saturated heterocycles. The van der Waals surface area contributed by atoms with Gasteiger partial charge in [-0.3, -0.25) is 4.89 Å². The normalized spacial score (nSPS) is 33.8. The van der Waals surface area contributed by atoms with Crippen LogP contribution in [0.2, 0.25) is 0 Å². The van der Waals surface area contributed by atoms with Crippen molar-refractivity contribution in [3.8, 4) is 0 Å². The highest BCUT2D eigenvalue weighted by molar-refractivity contribution is 7.94. The van der Waals surface area contributed by atoms with E-state index in [9.17, 15) is 4.79 Å². The minimum absolute atomic E-state index is 0.260. The average Bonchev–Trinajstić information content (AvgIpc) is 2.86. The summed E-state index contributed by atoms with van der Waals surface area (Å²) in [7, 11) is 0. The largest absolute Gasteiger partial charge is 0.540 e. The van der Waals surface area contributed by atoms with E-state index in [4.69, 9.17) is 18.5 Å². The highest BCUT2D eigenvalue weighted by Gasteiger charge is 2.47. The Morgan fingerprint density at radius 2 is 2.47 bits per heavy atom. The van der Waals surface area contributed by atoms with Crippen molar-refractivity contribution in [3.63, 3.8) is 0 Å². The molecule has 0 aliphatic carbocycles. The maximum atomic E-state index is 11.1. The zero-order valence-corrected chi connectivity index (χ0v) is 9.08. The summed E-state index contributed by atoms with van der Waals surface area (Å²) in [5.41, 5.74) is 0. The summed E-state index contributed by atoms with van der Waals surface area (Å²) < 4.78 is 14.8. The molecule has 2 unspecified atom stereocenters. The van der Waals surface area contributed by atoms with Crippen LogP contribution in [0, 0.1) is 0 Å². The van der Waals surface area contributed by atoms with Crippen LogP contribution in [0.5, 0.6) is 0 Å². The molecule has 2 heterocycles. The molecule has 2 atom stereocenters. The molecule has 15 heavy (non-hydrogen) atoms. The zero-order chi connectivity index (χ0) is 10.7. The summed E-state index contributed by atoms with van der Waals surface area (Å²) in [6.07, 6.45) is -0.485. The first-order valence-electron chi connectivity index (χ1n) is 4.69. The topological polar surface area (TPSA) is 66.5 Å². The maximum absolute atomic E-state index is 11.1. The van der Waals surface area contributed by atoms with Crippen molar-refractivity contribution in [1.29, 1.82) is 0 Å². The van der Waals surface area contributed by atoms with Crippen molar-refractivity contribution in [3.05, 3.63) is 0 Å². The molecule has 2 aliphatic heterocycles. The van der Waals surface area contributed by atoms with Crippen molar-refractivity contribution in [2.24, 2.45) is 0 Å². The summed E-state index contributed by atoms with van der Waals surface area (Å²) in [5.74, 6) is -0.121. The van der Waals surface area contributed by atoms with Gasteiger partial charge < -0.3 is 13.7 Å². The molecule has 2 aliphatic rings. The van der Waals surface area contributed by atoms with Crippen molar-refractivity contribution >= 4 is 18.2 Å². The van der Waals surface area contributed by atoms with Gasteiger partial charge in [-0.1, -0.05) is 6.92 Å². The van der Waals surface area contributed by atoms with Gasteiger partial charge in [0.2, 0.25) is 5.79 Å². The Hall–Kier alpha value is -0.500. The molecule has 2 rings (SSSR count). The van der Waals surface area contributed by atoms with Crippen molar-refractivity contribution < 1.29 is 28.2 Å². The Labute approximate surface area is 91.3 Å². The predicted molar refractivity (Wildman–Crippen MR) is 49.8 cm³/mol. The number of carbonyl (C=O) groups excluding carboxylic acids is 1. The van der Waals surface area contributed by atoms with Gasteiger partial charge in [0, 0.05) is 6.42 Å². The summed E-state index contributed by atoms with van der Waals surface area (Å²) in [4.78, 5) is 20.4. The van der Waals surface area contributed by atoms with Crippen molar-refractivity contribution in [1.82, 2.24) is 0 Å². The molecule has 0 aromatic heterocycles.